The van der Waals surface area contributed by atoms with E-state index >= 15 is 0 Å². The first-order valence-electron chi connectivity index (χ1n) is 9.87. The smallest absolute Gasteiger partial charge is 0.238 e. The number of hydrogen-bond donors (Lipinski definition) is 2. The predicted octanol–water partition coefficient (Wildman–Crippen LogP) is 3.19. The average Bonchev–Trinajstić information content (AvgIpc) is 3.49. The van der Waals surface area contributed by atoms with E-state index in [1.54, 1.807) is 6.92 Å². The van der Waals surface area contributed by atoms with Crippen LogP contribution in [0, 0.1) is 19.8 Å². The van der Waals surface area contributed by atoms with Gasteiger partial charge in [0.1, 0.15) is 0 Å². The van der Waals surface area contributed by atoms with Crippen LogP contribution in [0.1, 0.15) is 36.5 Å². The standard InChI is InChI=1S/C22H29N3O3S/c1-15-11-20(29(23,27)28)12-21(16(15)2)24-22(26)14-25(17(3)19-9-10-19)13-18-7-5-4-6-8-18/h4-8,11-12,17,19H,9-10,13-14H2,1-3H3,(H,24,26)(H2,23,27,28). The second-order valence-electron chi connectivity index (χ2n) is 7.97. The van der Waals surface area contributed by atoms with Crippen molar-refractivity contribution in [1.29, 1.82) is 0 Å². The number of aryl methyl sites for hydroxylation is 1. The van der Waals surface area contributed by atoms with Gasteiger partial charge in [0.15, 0.2) is 0 Å². The molecular weight excluding hydrogens is 386 g/mol. The maximum absolute atomic E-state index is 12.9. The fourth-order valence-electron chi connectivity index (χ4n) is 3.53. The van der Waals surface area contributed by atoms with Crippen molar-refractivity contribution in [1.82, 2.24) is 4.90 Å². The third-order valence-corrected chi connectivity index (χ3v) is 6.59. The fourth-order valence-corrected chi connectivity index (χ4v) is 4.16. The summed E-state index contributed by atoms with van der Waals surface area (Å²) in [5, 5.41) is 8.17. The molecule has 29 heavy (non-hydrogen) atoms. The summed E-state index contributed by atoms with van der Waals surface area (Å²) >= 11 is 0. The minimum atomic E-state index is -3.84. The fraction of sp³-hybridized carbons (Fsp3) is 0.409. The zero-order chi connectivity index (χ0) is 21.2. The van der Waals surface area contributed by atoms with Gasteiger partial charge in [-0.3, -0.25) is 9.69 Å². The molecule has 2 aromatic carbocycles. The van der Waals surface area contributed by atoms with Gasteiger partial charge in [-0.15, -0.1) is 0 Å². The molecule has 0 aliphatic heterocycles. The Morgan fingerprint density at radius 3 is 2.45 bits per heavy atom. The molecule has 1 aliphatic rings. The van der Waals surface area contributed by atoms with Crippen molar-refractivity contribution in [2.24, 2.45) is 11.1 Å². The van der Waals surface area contributed by atoms with Gasteiger partial charge in [-0.25, -0.2) is 13.6 Å². The molecule has 0 saturated heterocycles. The van der Waals surface area contributed by atoms with Crippen LogP contribution in [0.15, 0.2) is 47.4 Å². The molecule has 1 unspecified atom stereocenters. The summed E-state index contributed by atoms with van der Waals surface area (Å²) in [5.41, 5.74) is 3.24. The molecule has 0 spiro atoms. The number of benzene rings is 2. The number of nitrogens with two attached hydrogens (primary N) is 1. The monoisotopic (exact) mass is 415 g/mol. The molecule has 0 bridgehead atoms. The quantitative estimate of drug-likeness (QED) is 0.692. The maximum atomic E-state index is 12.9. The van der Waals surface area contributed by atoms with E-state index in [2.05, 4.69) is 29.3 Å². The normalized spacial score (nSPS) is 15.3. The number of hydrogen-bond acceptors (Lipinski definition) is 4. The van der Waals surface area contributed by atoms with Gasteiger partial charge in [0.2, 0.25) is 15.9 Å². The first-order chi connectivity index (χ1) is 13.6. The molecule has 1 saturated carbocycles. The summed E-state index contributed by atoms with van der Waals surface area (Å²) in [6, 6.07) is 13.4. The summed E-state index contributed by atoms with van der Waals surface area (Å²) in [7, 11) is -3.84. The molecule has 1 aliphatic carbocycles. The lowest BCUT2D eigenvalue weighted by atomic mass is 10.1. The van der Waals surface area contributed by atoms with E-state index < -0.39 is 10.0 Å². The van der Waals surface area contributed by atoms with E-state index in [1.807, 2.05) is 25.1 Å². The Balaban J connectivity index is 1.77. The van der Waals surface area contributed by atoms with Gasteiger partial charge in [0.05, 0.1) is 11.4 Å². The number of carbonyl (C=O) groups is 1. The summed E-state index contributed by atoms with van der Waals surface area (Å²) in [5.74, 6) is 0.462. The number of anilines is 1. The number of primary sulfonamides is 1. The Hall–Kier alpha value is -2.22. The molecule has 0 aromatic heterocycles. The molecule has 0 radical (unpaired) electrons. The second kappa shape index (κ2) is 8.65. The lowest BCUT2D eigenvalue weighted by Crippen LogP contribution is -2.40. The van der Waals surface area contributed by atoms with Crippen LogP contribution >= 0.6 is 0 Å². The van der Waals surface area contributed by atoms with Gasteiger partial charge >= 0.3 is 0 Å². The molecule has 1 fully saturated rings. The Labute approximate surface area is 173 Å². The van der Waals surface area contributed by atoms with Crippen LogP contribution in [0.5, 0.6) is 0 Å². The minimum Gasteiger partial charge on any atom is -0.325 e. The van der Waals surface area contributed by atoms with Crippen LogP contribution in [0.3, 0.4) is 0 Å². The molecular formula is C22H29N3O3S. The van der Waals surface area contributed by atoms with Crippen LogP contribution in [0.25, 0.3) is 0 Å². The van der Waals surface area contributed by atoms with Crippen LogP contribution in [-0.2, 0) is 21.4 Å². The van der Waals surface area contributed by atoms with Gasteiger partial charge in [0, 0.05) is 18.3 Å². The largest absolute Gasteiger partial charge is 0.325 e. The van der Waals surface area contributed by atoms with Crippen molar-refractivity contribution in [2.45, 2.75) is 51.1 Å². The first-order valence-corrected chi connectivity index (χ1v) is 11.4. The molecule has 3 rings (SSSR count). The van der Waals surface area contributed by atoms with Gasteiger partial charge in [0.25, 0.3) is 0 Å². The molecule has 0 heterocycles. The van der Waals surface area contributed by atoms with Crippen molar-refractivity contribution in [2.75, 3.05) is 11.9 Å². The number of sulfonamides is 1. The van der Waals surface area contributed by atoms with Gasteiger partial charge in [-0.2, -0.15) is 0 Å². The SMILES string of the molecule is Cc1cc(S(N)(=O)=O)cc(NC(=O)CN(Cc2ccccc2)C(C)C2CC2)c1C. The highest BCUT2D eigenvalue weighted by molar-refractivity contribution is 7.89. The van der Waals surface area contributed by atoms with Crippen LogP contribution < -0.4 is 10.5 Å². The maximum Gasteiger partial charge on any atom is 0.238 e. The molecule has 1 atom stereocenters. The number of amides is 1. The molecule has 1 amide bonds. The van der Waals surface area contributed by atoms with Crippen LogP contribution in [0.4, 0.5) is 5.69 Å². The van der Waals surface area contributed by atoms with E-state index in [-0.39, 0.29) is 17.3 Å². The molecule has 6 nitrogen and oxygen atoms in total. The van der Waals surface area contributed by atoms with Crippen LogP contribution in [0.2, 0.25) is 0 Å². The highest BCUT2D eigenvalue weighted by Gasteiger charge is 2.32. The van der Waals surface area contributed by atoms with Crippen molar-refractivity contribution >= 4 is 21.6 Å². The Morgan fingerprint density at radius 2 is 1.86 bits per heavy atom. The second-order valence-corrected chi connectivity index (χ2v) is 9.54. The topological polar surface area (TPSA) is 92.5 Å². The van der Waals surface area contributed by atoms with E-state index in [1.165, 1.54) is 25.0 Å². The van der Waals surface area contributed by atoms with Gasteiger partial charge in [-0.1, -0.05) is 30.3 Å². The number of nitrogens with zero attached hydrogens (tertiary/aromatic N) is 1. The van der Waals surface area contributed by atoms with E-state index in [0.717, 1.165) is 16.7 Å². The highest BCUT2D eigenvalue weighted by Crippen LogP contribution is 2.35. The van der Waals surface area contributed by atoms with Crippen molar-refractivity contribution in [3.05, 3.63) is 59.2 Å². The van der Waals surface area contributed by atoms with Crippen LogP contribution in [-0.4, -0.2) is 31.8 Å². The summed E-state index contributed by atoms with van der Waals surface area (Å²) in [6.07, 6.45) is 2.39. The molecule has 3 N–H and O–H groups in total. The van der Waals surface area contributed by atoms with E-state index in [9.17, 15) is 13.2 Å². The van der Waals surface area contributed by atoms with E-state index in [0.29, 0.717) is 24.2 Å². The Kier molecular flexibility index (Phi) is 6.41. The zero-order valence-electron chi connectivity index (χ0n) is 17.2. The molecule has 156 valence electrons. The lowest BCUT2D eigenvalue weighted by Gasteiger charge is -2.29. The highest BCUT2D eigenvalue weighted by atomic mass is 32.2. The predicted molar refractivity (Wildman–Crippen MR) is 115 cm³/mol. The Bertz CT molecular complexity index is 986. The summed E-state index contributed by atoms with van der Waals surface area (Å²) in [6.45, 7) is 6.76. The van der Waals surface area contributed by atoms with Gasteiger partial charge in [-0.05, 0) is 68.4 Å². The number of rotatable bonds is 8. The van der Waals surface area contributed by atoms with Crippen molar-refractivity contribution < 1.29 is 13.2 Å². The number of carbonyl (C=O) groups excluding carboxylic acids is 1. The molecule has 7 heteroatoms. The zero-order valence-corrected chi connectivity index (χ0v) is 18.0. The third-order valence-electron chi connectivity index (χ3n) is 5.70. The molecule has 2 aromatic rings. The average molecular weight is 416 g/mol. The Morgan fingerprint density at radius 1 is 1.21 bits per heavy atom. The van der Waals surface area contributed by atoms with Crippen molar-refractivity contribution in [3.63, 3.8) is 0 Å². The third kappa shape index (κ3) is 5.65. The lowest BCUT2D eigenvalue weighted by molar-refractivity contribution is -0.118. The summed E-state index contributed by atoms with van der Waals surface area (Å²) < 4.78 is 23.5. The summed E-state index contributed by atoms with van der Waals surface area (Å²) in [4.78, 5) is 15.0. The minimum absolute atomic E-state index is 0.00314. The number of nitrogens with one attached hydrogen (secondary N) is 1. The first kappa shape index (κ1) is 21.5. The van der Waals surface area contributed by atoms with E-state index in [4.69, 9.17) is 5.14 Å². The van der Waals surface area contributed by atoms with Gasteiger partial charge < -0.3 is 5.32 Å². The van der Waals surface area contributed by atoms with Crippen molar-refractivity contribution in [3.8, 4) is 0 Å².